The van der Waals surface area contributed by atoms with E-state index in [2.05, 4.69) is 5.32 Å². The maximum atomic E-state index is 12.4. The molecule has 6 nitrogen and oxygen atoms in total. The first-order chi connectivity index (χ1) is 9.12. The Morgan fingerprint density at radius 2 is 1.90 bits per heavy atom. The molecule has 0 spiro atoms. The van der Waals surface area contributed by atoms with Crippen LogP contribution in [-0.2, 0) is 4.79 Å². The molecule has 2 amide bonds. The lowest BCUT2D eigenvalue weighted by Crippen LogP contribution is -2.46. The minimum atomic E-state index is -0.711. The second-order valence-electron chi connectivity index (χ2n) is 5.65. The number of nitrogen functional groups attached to an aromatic ring is 1. The van der Waals surface area contributed by atoms with Crippen LogP contribution >= 0.6 is 0 Å². The van der Waals surface area contributed by atoms with Crippen LogP contribution in [0.5, 0.6) is 0 Å². The zero-order valence-electron chi connectivity index (χ0n) is 12.4. The van der Waals surface area contributed by atoms with Crippen LogP contribution in [0.25, 0.3) is 0 Å². The van der Waals surface area contributed by atoms with E-state index in [0.29, 0.717) is 11.3 Å². The summed E-state index contributed by atoms with van der Waals surface area (Å²) in [5.41, 5.74) is 11.9. The molecule has 1 aromatic rings. The van der Waals surface area contributed by atoms with E-state index in [1.54, 1.807) is 32.0 Å². The van der Waals surface area contributed by atoms with Crippen LogP contribution in [0, 0.1) is 0 Å². The summed E-state index contributed by atoms with van der Waals surface area (Å²) in [6.07, 6.45) is 0.0678. The molecule has 0 aliphatic rings. The third-order valence-corrected chi connectivity index (χ3v) is 2.82. The number of carbonyl (C=O) groups excluding carboxylic acids is 2. The third kappa shape index (κ3) is 4.15. The molecule has 0 atom stereocenters. The fourth-order valence-electron chi connectivity index (χ4n) is 1.98. The van der Waals surface area contributed by atoms with Gasteiger partial charge in [0.2, 0.25) is 5.91 Å². The van der Waals surface area contributed by atoms with E-state index >= 15 is 0 Å². The van der Waals surface area contributed by atoms with Crippen molar-refractivity contribution in [2.45, 2.75) is 25.8 Å². The van der Waals surface area contributed by atoms with Gasteiger partial charge in [0, 0.05) is 37.4 Å². The Hall–Kier alpha value is -2.24. The Kier molecular flexibility index (Phi) is 4.60. The molecule has 5 N–H and O–H groups in total. The Balaban J connectivity index is 3.03. The number of benzene rings is 1. The summed E-state index contributed by atoms with van der Waals surface area (Å²) in [6.45, 7) is 3.49. The molecule has 1 rings (SSSR count). The van der Waals surface area contributed by atoms with E-state index in [1.165, 1.54) is 0 Å². The number of anilines is 2. The van der Waals surface area contributed by atoms with Crippen LogP contribution in [0.4, 0.5) is 11.4 Å². The van der Waals surface area contributed by atoms with Crippen molar-refractivity contribution in [3.63, 3.8) is 0 Å². The molecular formula is C14H22N4O2. The van der Waals surface area contributed by atoms with Crippen molar-refractivity contribution in [3.8, 4) is 0 Å². The topological polar surface area (TPSA) is 101 Å². The highest BCUT2D eigenvalue weighted by Gasteiger charge is 2.25. The number of carbonyl (C=O) groups is 2. The van der Waals surface area contributed by atoms with E-state index in [-0.39, 0.29) is 12.3 Å². The predicted octanol–water partition coefficient (Wildman–Crippen LogP) is 0.719. The minimum absolute atomic E-state index is 0.0678. The normalized spacial score (nSPS) is 11.0. The van der Waals surface area contributed by atoms with Crippen molar-refractivity contribution in [1.82, 2.24) is 5.32 Å². The number of primary amides is 1. The molecule has 6 heteroatoms. The Bertz CT molecular complexity index is 524. The first kappa shape index (κ1) is 15.8. The quantitative estimate of drug-likeness (QED) is 0.691. The molecule has 110 valence electrons. The van der Waals surface area contributed by atoms with Gasteiger partial charge in [0.1, 0.15) is 0 Å². The van der Waals surface area contributed by atoms with Crippen LogP contribution in [0.2, 0.25) is 0 Å². The maximum absolute atomic E-state index is 12.4. The molecule has 0 heterocycles. The average molecular weight is 278 g/mol. The lowest BCUT2D eigenvalue weighted by molar-refractivity contribution is -0.119. The Morgan fingerprint density at radius 1 is 1.30 bits per heavy atom. The highest BCUT2D eigenvalue weighted by Crippen LogP contribution is 2.22. The summed E-state index contributed by atoms with van der Waals surface area (Å²) in [7, 11) is 3.69. The van der Waals surface area contributed by atoms with Crippen LogP contribution < -0.4 is 21.7 Å². The van der Waals surface area contributed by atoms with Gasteiger partial charge in [-0.15, -0.1) is 0 Å². The van der Waals surface area contributed by atoms with Gasteiger partial charge in [-0.2, -0.15) is 0 Å². The van der Waals surface area contributed by atoms with Gasteiger partial charge in [-0.25, -0.2) is 0 Å². The number of hydrogen-bond donors (Lipinski definition) is 3. The second-order valence-corrected chi connectivity index (χ2v) is 5.65. The number of amides is 2. The van der Waals surface area contributed by atoms with Gasteiger partial charge < -0.3 is 21.7 Å². The molecule has 0 saturated carbocycles. The van der Waals surface area contributed by atoms with E-state index in [0.717, 1.165) is 5.69 Å². The summed E-state index contributed by atoms with van der Waals surface area (Å²) in [5, 5.41) is 2.80. The lowest BCUT2D eigenvalue weighted by atomic mass is 9.99. The fourth-order valence-corrected chi connectivity index (χ4v) is 1.98. The van der Waals surface area contributed by atoms with E-state index in [9.17, 15) is 9.59 Å². The standard InChI is InChI=1S/C14H22N4O2/c1-14(2,8-12(16)19)17-13(20)10-7-9(15)5-6-11(10)18(3)4/h5-7H,8,15H2,1-4H3,(H2,16,19)(H,17,20). The fraction of sp³-hybridized carbons (Fsp3) is 0.429. The van der Waals surface area contributed by atoms with E-state index in [4.69, 9.17) is 11.5 Å². The molecule has 0 aliphatic carbocycles. The molecule has 0 fully saturated rings. The average Bonchev–Trinajstić information content (AvgIpc) is 2.25. The number of nitrogens with one attached hydrogen (secondary N) is 1. The van der Waals surface area contributed by atoms with Crippen molar-refractivity contribution >= 4 is 23.2 Å². The Labute approximate surface area is 119 Å². The number of nitrogens with zero attached hydrogens (tertiary/aromatic N) is 1. The highest BCUT2D eigenvalue weighted by molar-refractivity contribution is 6.01. The summed E-state index contributed by atoms with van der Waals surface area (Å²) in [6, 6.07) is 5.14. The molecule has 0 bridgehead atoms. The van der Waals surface area contributed by atoms with Gasteiger partial charge in [0.15, 0.2) is 0 Å². The second kappa shape index (κ2) is 5.81. The SMILES string of the molecule is CN(C)c1ccc(N)cc1C(=O)NC(C)(C)CC(N)=O. The first-order valence-electron chi connectivity index (χ1n) is 6.30. The van der Waals surface area contributed by atoms with Crippen molar-refractivity contribution in [1.29, 1.82) is 0 Å². The van der Waals surface area contributed by atoms with Gasteiger partial charge >= 0.3 is 0 Å². The third-order valence-electron chi connectivity index (χ3n) is 2.82. The number of nitrogens with two attached hydrogens (primary N) is 2. The maximum Gasteiger partial charge on any atom is 0.253 e. The summed E-state index contributed by atoms with van der Waals surface area (Å²) in [4.78, 5) is 25.2. The molecule has 0 saturated heterocycles. The van der Waals surface area contributed by atoms with Crippen LogP contribution in [-0.4, -0.2) is 31.4 Å². The van der Waals surface area contributed by atoms with Gasteiger partial charge in [0.25, 0.3) is 5.91 Å². The molecule has 0 unspecified atom stereocenters. The van der Waals surface area contributed by atoms with E-state index < -0.39 is 11.4 Å². The summed E-state index contributed by atoms with van der Waals surface area (Å²) in [5.74, 6) is -0.747. The molecule has 20 heavy (non-hydrogen) atoms. The highest BCUT2D eigenvalue weighted by atomic mass is 16.2. The molecular weight excluding hydrogens is 256 g/mol. The Morgan fingerprint density at radius 3 is 2.40 bits per heavy atom. The summed E-state index contributed by atoms with van der Waals surface area (Å²) < 4.78 is 0. The van der Waals surface area contributed by atoms with Crippen molar-refractivity contribution in [2.75, 3.05) is 24.7 Å². The molecule has 0 aliphatic heterocycles. The van der Waals surface area contributed by atoms with Gasteiger partial charge in [-0.05, 0) is 32.0 Å². The van der Waals surface area contributed by atoms with Crippen LogP contribution in [0.3, 0.4) is 0 Å². The summed E-state index contributed by atoms with van der Waals surface area (Å²) >= 11 is 0. The number of rotatable bonds is 5. The molecule has 1 aromatic carbocycles. The van der Waals surface area contributed by atoms with Gasteiger partial charge in [-0.1, -0.05) is 0 Å². The van der Waals surface area contributed by atoms with Crippen LogP contribution in [0.1, 0.15) is 30.6 Å². The smallest absolute Gasteiger partial charge is 0.253 e. The predicted molar refractivity (Wildman–Crippen MR) is 80.5 cm³/mol. The largest absolute Gasteiger partial charge is 0.399 e. The number of hydrogen-bond acceptors (Lipinski definition) is 4. The molecule has 0 aromatic heterocycles. The zero-order chi connectivity index (χ0) is 15.5. The lowest BCUT2D eigenvalue weighted by Gasteiger charge is -2.26. The van der Waals surface area contributed by atoms with Crippen molar-refractivity contribution in [3.05, 3.63) is 23.8 Å². The van der Waals surface area contributed by atoms with Gasteiger partial charge in [-0.3, -0.25) is 9.59 Å². The monoisotopic (exact) mass is 278 g/mol. The van der Waals surface area contributed by atoms with Crippen molar-refractivity contribution < 1.29 is 9.59 Å². The van der Waals surface area contributed by atoms with Gasteiger partial charge in [0.05, 0.1) is 5.56 Å². The van der Waals surface area contributed by atoms with E-state index in [1.807, 2.05) is 19.0 Å². The first-order valence-corrected chi connectivity index (χ1v) is 6.30. The zero-order valence-corrected chi connectivity index (χ0v) is 12.4. The van der Waals surface area contributed by atoms with Crippen LogP contribution in [0.15, 0.2) is 18.2 Å². The van der Waals surface area contributed by atoms with Crippen molar-refractivity contribution in [2.24, 2.45) is 5.73 Å². The minimum Gasteiger partial charge on any atom is -0.399 e. The molecule has 0 radical (unpaired) electrons.